The van der Waals surface area contributed by atoms with Crippen LogP contribution in [0.5, 0.6) is 0 Å². The van der Waals surface area contributed by atoms with Crippen LogP contribution >= 0.6 is 11.8 Å². The highest BCUT2D eigenvalue weighted by molar-refractivity contribution is 8.03. The van der Waals surface area contributed by atoms with Crippen LogP contribution in [0.3, 0.4) is 0 Å². The highest BCUT2D eigenvalue weighted by Gasteiger charge is 2.11. The summed E-state index contributed by atoms with van der Waals surface area (Å²) in [6, 6.07) is 12.9. The molecular weight excluding hydrogens is 214 g/mol. The first-order chi connectivity index (χ1) is 7.88. The van der Waals surface area contributed by atoms with E-state index in [2.05, 4.69) is 54.7 Å². The second-order valence-electron chi connectivity index (χ2n) is 3.82. The molecule has 2 aromatic rings. The molecule has 0 radical (unpaired) electrons. The molecule has 0 aliphatic carbocycles. The first-order valence-corrected chi connectivity index (χ1v) is 6.50. The van der Waals surface area contributed by atoms with Crippen LogP contribution in [0.2, 0.25) is 0 Å². The van der Waals surface area contributed by atoms with Crippen LogP contribution in [0.1, 0.15) is 12.5 Å². The van der Waals surface area contributed by atoms with E-state index in [1.807, 2.05) is 11.8 Å². The molecule has 2 heteroatoms. The average Bonchev–Trinajstić information content (AvgIpc) is 2.30. The van der Waals surface area contributed by atoms with Crippen molar-refractivity contribution < 1.29 is 0 Å². The summed E-state index contributed by atoms with van der Waals surface area (Å²) in [7, 11) is 0. The summed E-state index contributed by atoms with van der Waals surface area (Å²) in [4.78, 5) is 0. The first-order valence-electron chi connectivity index (χ1n) is 5.52. The predicted molar refractivity (Wildman–Crippen MR) is 73.7 cm³/mol. The van der Waals surface area contributed by atoms with Gasteiger partial charge in [0, 0.05) is 11.1 Å². The van der Waals surface area contributed by atoms with Gasteiger partial charge in [-0.1, -0.05) is 37.3 Å². The van der Waals surface area contributed by atoms with Crippen LogP contribution < -0.4 is 5.32 Å². The van der Waals surface area contributed by atoms with E-state index < -0.39 is 0 Å². The van der Waals surface area contributed by atoms with E-state index in [1.54, 1.807) is 0 Å². The molecule has 1 nitrogen and oxygen atoms in total. The number of anilines is 1. The van der Waals surface area contributed by atoms with Gasteiger partial charge >= 0.3 is 0 Å². The zero-order valence-corrected chi connectivity index (χ0v) is 9.97. The second kappa shape index (κ2) is 3.87. The lowest BCUT2D eigenvalue weighted by atomic mass is 10.0. The van der Waals surface area contributed by atoms with Crippen LogP contribution in [-0.4, -0.2) is 5.75 Å². The summed E-state index contributed by atoms with van der Waals surface area (Å²) in [5.41, 5.74) is 2.55. The van der Waals surface area contributed by atoms with Gasteiger partial charge in [-0.3, -0.25) is 0 Å². The minimum absolute atomic E-state index is 1.09. The van der Waals surface area contributed by atoms with Gasteiger partial charge < -0.3 is 5.32 Å². The monoisotopic (exact) mass is 227 g/mol. The van der Waals surface area contributed by atoms with Gasteiger partial charge in [0.05, 0.1) is 5.03 Å². The smallest absolute Gasteiger partial charge is 0.0731 e. The molecule has 3 rings (SSSR count). The van der Waals surface area contributed by atoms with Crippen molar-refractivity contribution in [3.05, 3.63) is 47.0 Å². The van der Waals surface area contributed by atoms with E-state index >= 15 is 0 Å². The van der Waals surface area contributed by atoms with Crippen LogP contribution in [-0.2, 0) is 0 Å². The highest BCUT2D eigenvalue weighted by atomic mass is 32.2. The molecule has 0 aromatic heterocycles. The Balaban J connectivity index is 2.23. The largest absolute Gasteiger partial charge is 0.350 e. The predicted octanol–water partition coefficient (Wildman–Crippen LogP) is 4.32. The van der Waals surface area contributed by atoms with Gasteiger partial charge in [-0.15, -0.1) is 11.8 Å². The minimum Gasteiger partial charge on any atom is -0.350 e. The Labute approximate surface area is 99.6 Å². The number of rotatable bonds is 2. The first kappa shape index (κ1) is 9.79. The fourth-order valence-corrected chi connectivity index (χ4v) is 2.84. The number of nitrogens with one attached hydrogen (secondary N) is 1. The Bertz CT molecular complexity index is 567. The molecule has 2 aromatic carbocycles. The molecular formula is C14H13NS. The molecule has 1 heterocycles. The van der Waals surface area contributed by atoms with Gasteiger partial charge in [0.25, 0.3) is 0 Å². The normalized spacial score (nSPS) is 13.4. The molecule has 0 saturated heterocycles. The van der Waals surface area contributed by atoms with E-state index in [1.165, 1.54) is 27.1 Å². The van der Waals surface area contributed by atoms with Crippen LogP contribution in [0.4, 0.5) is 5.69 Å². The van der Waals surface area contributed by atoms with Gasteiger partial charge in [-0.25, -0.2) is 0 Å². The van der Waals surface area contributed by atoms with Gasteiger partial charge in [0.15, 0.2) is 0 Å². The van der Waals surface area contributed by atoms with Crippen molar-refractivity contribution in [2.75, 3.05) is 11.1 Å². The summed E-state index contributed by atoms with van der Waals surface area (Å²) in [5.74, 6) is 1.09. The summed E-state index contributed by atoms with van der Waals surface area (Å²) in [6.45, 7) is 2.17. The summed E-state index contributed by atoms with van der Waals surface area (Å²) < 4.78 is 0. The Hall–Kier alpha value is -1.41. The Morgan fingerprint density at radius 2 is 1.94 bits per heavy atom. The van der Waals surface area contributed by atoms with E-state index in [0.717, 1.165) is 5.75 Å². The van der Waals surface area contributed by atoms with Crippen LogP contribution in [0.25, 0.3) is 16.8 Å². The maximum Gasteiger partial charge on any atom is 0.0731 e. The Kier molecular flexibility index (Phi) is 2.37. The molecule has 0 spiro atoms. The fraction of sp³-hybridized carbons (Fsp3) is 0.143. The lowest BCUT2D eigenvalue weighted by Crippen LogP contribution is -2.02. The maximum atomic E-state index is 3.49. The Morgan fingerprint density at radius 3 is 2.75 bits per heavy atom. The fourth-order valence-electron chi connectivity index (χ4n) is 2.14. The molecule has 0 bridgehead atoms. The molecule has 0 saturated carbocycles. The van der Waals surface area contributed by atoms with E-state index in [0.29, 0.717) is 0 Å². The number of benzene rings is 2. The summed E-state index contributed by atoms with van der Waals surface area (Å²) in [6.07, 6.45) is 2.24. The van der Waals surface area contributed by atoms with Crippen molar-refractivity contribution in [2.24, 2.45) is 0 Å². The zero-order valence-electron chi connectivity index (χ0n) is 9.16. The quantitative estimate of drug-likeness (QED) is 0.820. The molecule has 16 heavy (non-hydrogen) atoms. The molecule has 1 aliphatic heterocycles. The van der Waals surface area contributed by atoms with Crippen molar-refractivity contribution in [1.29, 1.82) is 0 Å². The van der Waals surface area contributed by atoms with Crippen molar-refractivity contribution in [2.45, 2.75) is 6.92 Å². The molecule has 0 unspecified atom stereocenters. The molecule has 0 atom stereocenters. The minimum atomic E-state index is 1.09. The highest BCUT2D eigenvalue weighted by Crippen LogP contribution is 2.35. The van der Waals surface area contributed by atoms with Crippen molar-refractivity contribution in [3.8, 4) is 0 Å². The maximum absolute atomic E-state index is 3.49. The summed E-state index contributed by atoms with van der Waals surface area (Å²) >= 11 is 1.85. The molecule has 80 valence electrons. The van der Waals surface area contributed by atoms with Crippen LogP contribution in [0, 0.1) is 0 Å². The third kappa shape index (κ3) is 1.50. The van der Waals surface area contributed by atoms with Gasteiger partial charge in [-0.05, 0) is 28.8 Å². The van der Waals surface area contributed by atoms with Crippen molar-refractivity contribution >= 4 is 34.3 Å². The standard InChI is InChI=1S/C14H13NS/c1-2-16-13-9-11-7-3-5-10-6-4-8-12(15-13)14(10)11/h3-9,15H,2H2,1H3. The van der Waals surface area contributed by atoms with Crippen molar-refractivity contribution in [1.82, 2.24) is 0 Å². The second-order valence-corrected chi connectivity index (χ2v) is 5.12. The number of hydrogen-bond acceptors (Lipinski definition) is 2. The molecule has 1 aliphatic rings. The Morgan fingerprint density at radius 1 is 1.12 bits per heavy atom. The summed E-state index contributed by atoms with van der Waals surface area (Å²) in [5, 5.41) is 7.37. The van der Waals surface area contributed by atoms with E-state index in [4.69, 9.17) is 0 Å². The third-order valence-electron chi connectivity index (χ3n) is 2.78. The van der Waals surface area contributed by atoms with Crippen molar-refractivity contribution in [3.63, 3.8) is 0 Å². The van der Waals surface area contributed by atoms with Gasteiger partial charge in [0.2, 0.25) is 0 Å². The van der Waals surface area contributed by atoms with E-state index in [9.17, 15) is 0 Å². The lowest BCUT2D eigenvalue weighted by molar-refractivity contribution is 1.51. The van der Waals surface area contributed by atoms with Crippen LogP contribution in [0.15, 0.2) is 41.4 Å². The lowest BCUT2D eigenvalue weighted by Gasteiger charge is -2.19. The molecule has 0 fully saturated rings. The number of hydrogen-bond donors (Lipinski definition) is 1. The molecule has 1 N–H and O–H groups in total. The SMILES string of the molecule is CCSC1=Cc2cccc3cccc(c23)N1. The molecule has 0 amide bonds. The zero-order chi connectivity index (χ0) is 11.0. The topological polar surface area (TPSA) is 12.0 Å². The average molecular weight is 227 g/mol. The van der Waals surface area contributed by atoms with Gasteiger partial charge in [0.1, 0.15) is 0 Å². The van der Waals surface area contributed by atoms with E-state index in [-0.39, 0.29) is 0 Å². The third-order valence-corrected chi connectivity index (χ3v) is 3.60. The van der Waals surface area contributed by atoms with Gasteiger partial charge in [-0.2, -0.15) is 0 Å². The number of thioether (sulfide) groups is 1.